The summed E-state index contributed by atoms with van der Waals surface area (Å²) in [7, 11) is 3.50. The van der Waals surface area contributed by atoms with E-state index in [0.29, 0.717) is 60.6 Å². The van der Waals surface area contributed by atoms with E-state index in [4.69, 9.17) is 4.74 Å². The van der Waals surface area contributed by atoms with Crippen LogP contribution in [0.4, 0.5) is 0 Å². The number of carbonyl (C=O) groups excluding carboxylic acids is 2. The second-order valence-electron chi connectivity index (χ2n) is 14.3. The van der Waals surface area contributed by atoms with E-state index in [1.807, 2.05) is 18.2 Å². The Labute approximate surface area is 240 Å². The Hall–Kier alpha value is -2.08. The van der Waals surface area contributed by atoms with E-state index >= 15 is 0 Å². The fourth-order valence-electron chi connectivity index (χ4n) is 9.53. The highest BCUT2D eigenvalue weighted by molar-refractivity contribution is 5.79. The number of hydrogen-bond donors (Lipinski definition) is 2. The van der Waals surface area contributed by atoms with Crippen molar-refractivity contribution in [1.82, 2.24) is 4.90 Å². The smallest absolute Gasteiger partial charge is 0.222 e. The maximum absolute atomic E-state index is 12.5. The Bertz CT molecular complexity index is 1090. The van der Waals surface area contributed by atoms with Gasteiger partial charge in [0.15, 0.2) is 11.5 Å². The largest absolute Gasteiger partial charge is 0.504 e. The van der Waals surface area contributed by atoms with Gasteiger partial charge in [0.05, 0.1) is 12.7 Å². The number of phenolic OH excluding ortho intramolecular Hbond substituents is 1. The van der Waals surface area contributed by atoms with Gasteiger partial charge in [-0.05, 0) is 122 Å². The first kappa shape index (κ1) is 29.4. The highest BCUT2D eigenvalue weighted by atomic mass is 16.5. The average Bonchev–Trinajstić information content (AvgIpc) is 3.22. The Kier molecular flexibility index (Phi) is 8.57. The molecule has 8 atom stereocenters. The van der Waals surface area contributed by atoms with E-state index in [1.54, 1.807) is 19.0 Å². The van der Waals surface area contributed by atoms with Crippen molar-refractivity contribution in [3.63, 3.8) is 0 Å². The van der Waals surface area contributed by atoms with Crippen LogP contribution in [0.15, 0.2) is 18.2 Å². The molecule has 0 spiro atoms. The fourth-order valence-corrected chi connectivity index (χ4v) is 9.53. The quantitative estimate of drug-likeness (QED) is 0.358. The predicted molar refractivity (Wildman–Crippen MR) is 156 cm³/mol. The lowest BCUT2D eigenvalue weighted by molar-refractivity contribution is -0.156. The molecule has 4 aliphatic rings. The highest BCUT2D eigenvalue weighted by Crippen LogP contribution is 2.67. The SMILES string of the molecule is CN(C)C(=O)CCCOc1ccc(CCCC2CC3CC(=O)CC[C@]3(C)[C@@H]3CC[C@]4(C)C(O)CC[C@H]4[C@H]23)cc1O. The Morgan fingerprint density at radius 2 is 1.85 bits per heavy atom. The van der Waals surface area contributed by atoms with Crippen LogP contribution < -0.4 is 4.74 Å². The van der Waals surface area contributed by atoms with Crippen molar-refractivity contribution < 1.29 is 24.5 Å². The second-order valence-corrected chi connectivity index (χ2v) is 14.3. The molecule has 6 heteroatoms. The second kappa shape index (κ2) is 11.7. The molecule has 1 aromatic carbocycles. The van der Waals surface area contributed by atoms with Gasteiger partial charge in [-0.25, -0.2) is 0 Å². The van der Waals surface area contributed by atoms with E-state index < -0.39 is 0 Å². The third-order valence-corrected chi connectivity index (χ3v) is 12.0. The number of hydrogen-bond acceptors (Lipinski definition) is 5. The van der Waals surface area contributed by atoms with Crippen LogP contribution in [0.5, 0.6) is 11.5 Å². The van der Waals surface area contributed by atoms with Crippen molar-refractivity contribution in [3.05, 3.63) is 23.8 Å². The van der Waals surface area contributed by atoms with Gasteiger partial charge >= 0.3 is 0 Å². The van der Waals surface area contributed by atoms with E-state index in [0.717, 1.165) is 69.8 Å². The number of fused-ring (bicyclic) bond motifs is 5. The van der Waals surface area contributed by atoms with Gasteiger partial charge in [-0.2, -0.15) is 0 Å². The molecule has 1 amide bonds. The third-order valence-electron chi connectivity index (χ3n) is 12.0. The number of benzene rings is 1. The van der Waals surface area contributed by atoms with Crippen molar-refractivity contribution in [2.24, 2.45) is 40.4 Å². The molecular weight excluding hydrogens is 502 g/mol. The van der Waals surface area contributed by atoms with Crippen molar-refractivity contribution >= 4 is 11.7 Å². The van der Waals surface area contributed by atoms with Crippen LogP contribution in [-0.4, -0.2) is 53.6 Å². The Balaban J connectivity index is 1.22. The van der Waals surface area contributed by atoms with Crippen LogP contribution in [-0.2, 0) is 16.0 Å². The molecule has 0 heterocycles. The topological polar surface area (TPSA) is 87.1 Å². The van der Waals surface area contributed by atoms with Crippen LogP contribution in [0, 0.1) is 40.4 Å². The number of carbonyl (C=O) groups is 2. The summed E-state index contributed by atoms with van der Waals surface area (Å²) in [5.41, 5.74) is 1.43. The molecule has 4 aliphatic carbocycles. The average molecular weight is 554 g/mol. The fraction of sp³-hybridized carbons (Fsp3) is 0.765. The minimum absolute atomic E-state index is 0.0501. The summed E-state index contributed by atoms with van der Waals surface area (Å²) in [5, 5.41) is 21.6. The van der Waals surface area contributed by atoms with Gasteiger partial charge in [-0.3, -0.25) is 9.59 Å². The molecule has 6 nitrogen and oxygen atoms in total. The molecular formula is C34H51NO5. The number of ketones is 1. The Morgan fingerprint density at radius 3 is 2.60 bits per heavy atom. The van der Waals surface area contributed by atoms with Crippen molar-refractivity contribution in [1.29, 1.82) is 0 Å². The lowest BCUT2D eigenvalue weighted by Crippen LogP contribution is -2.57. The first-order chi connectivity index (χ1) is 19.0. The van der Waals surface area contributed by atoms with Gasteiger partial charge < -0.3 is 19.8 Å². The molecule has 40 heavy (non-hydrogen) atoms. The minimum atomic E-state index is -0.172. The van der Waals surface area contributed by atoms with Crippen LogP contribution in [0.3, 0.4) is 0 Å². The number of aliphatic hydroxyl groups excluding tert-OH is 1. The van der Waals surface area contributed by atoms with Crippen LogP contribution in [0.2, 0.25) is 0 Å². The number of phenols is 1. The summed E-state index contributed by atoms with van der Waals surface area (Å²) in [4.78, 5) is 25.8. The number of amides is 1. The molecule has 4 saturated carbocycles. The van der Waals surface area contributed by atoms with Gasteiger partial charge in [-0.15, -0.1) is 0 Å². The number of aromatic hydroxyl groups is 1. The molecule has 3 unspecified atom stereocenters. The van der Waals surface area contributed by atoms with Crippen LogP contribution >= 0.6 is 0 Å². The van der Waals surface area contributed by atoms with Crippen molar-refractivity contribution in [3.8, 4) is 11.5 Å². The number of aliphatic hydroxyl groups is 1. The third kappa shape index (κ3) is 5.54. The zero-order chi connectivity index (χ0) is 28.7. The lowest BCUT2D eigenvalue weighted by Gasteiger charge is -2.62. The standard InChI is InChI=1S/C34H51NO5/c1-33-16-14-25(36)21-24(33)20-23(32-26-11-13-30(38)34(26,2)17-15-27(32)33)8-5-7-22-10-12-29(28(37)19-22)40-18-6-9-31(39)35(3)4/h10,12,19,23-24,26-27,30,32,37-38H,5-9,11,13-18,20-21H2,1-4H3/t23?,24?,26-,27+,30?,32-,33-,34-/m0/s1. The molecule has 0 radical (unpaired) electrons. The first-order valence-electron chi connectivity index (χ1n) is 15.9. The summed E-state index contributed by atoms with van der Waals surface area (Å²) in [5.74, 6) is 4.18. The molecule has 0 saturated heterocycles. The summed E-state index contributed by atoms with van der Waals surface area (Å²) in [6.45, 7) is 5.25. The zero-order valence-electron chi connectivity index (χ0n) is 25.2. The maximum Gasteiger partial charge on any atom is 0.222 e. The van der Waals surface area contributed by atoms with Gasteiger partial charge in [0.2, 0.25) is 5.91 Å². The van der Waals surface area contributed by atoms with Gasteiger partial charge in [0.25, 0.3) is 0 Å². The van der Waals surface area contributed by atoms with Gasteiger partial charge in [0.1, 0.15) is 5.78 Å². The molecule has 0 aliphatic heterocycles. The summed E-state index contributed by atoms with van der Waals surface area (Å²) >= 11 is 0. The minimum Gasteiger partial charge on any atom is -0.504 e. The molecule has 0 aromatic heterocycles. The van der Waals surface area contributed by atoms with Crippen LogP contribution in [0.1, 0.15) is 96.5 Å². The monoisotopic (exact) mass is 553 g/mol. The van der Waals surface area contributed by atoms with E-state index in [9.17, 15) is 19.8 Å². The molecule has 222 valence electrons. The normalized spacial score (nSPS) is 36.9. The molecule has 2 N–H and O–H groups in total. The summed E-state index contributed by atoms with van der Waals surface area (Å²) in [6, 6.07) is 5.72. The lowest BCUT2D eigenvalue weighted by atomic mass is 9.42. The molecule has 0 bridgehead atoms. The molecule has 4 fully saturated rings. The summed E-state index contributed by atoms with van der Waals surface area (Å²) < 4.78 is 5.74. The number of ether oxygens (including phenoxy) is 1. The highest BCUT2D eigenvalue weighted by Gasteiger charge is 2.62. The first-order valence-corrected chi connectivity index (χ1v) is 15.9. The number of Topliss-reactive ketones (excluding diaryl/α,β-unsaturated/α-hetero) is 1. The number of rotatable bonds is 9. The van der Waals surface area contributed by atoms with Crippen molar-refractivity contribution in [2.75, 3.05) is 20.7 Å². The number of aryl methyl sites for hydroxylation is 1. The summed E-state index contributed by atoms with van der Waals surface area (Å²) in [6.07, 6.45) is 12.1. The zero-order valence-corrected chi connectivity index (χ0v) is 25.2. The van der Waals surface area contributed by atoms with E-state index in [1.165, 1.54) is 6.42 Å². The molecule has 5 rings (SSSR count). The van der Waals surface area contributed by atoms with Gasteiger partial charge in [0, 0.05) is 33.4 Å². The predicted octanol–water partition coefficient (Wildman–Crippen LogP) is 6.16. The van der Waals surface area contributed by atoms with Gasteiger partial charge in [-0.1, -0.05) is 19.9 Å². The van der Waals surface area contributed by atoms with E-state index in [-0.39, 0.29) is 28.6 Å². The number of nitrogens with zero attached hydrogens (tertiary/aromatic N) is 1. The van der Waals surface area contributed by atoms with Crippen LogP contribution in [0.25, 0.3) is 0 Å². The van der Waals surface area contributed by atoms with Crippen molar-refractivity contribution in [2.45, 2.75) is 103 Å². The Morgan fingerprint density at radius 1 is 1.07 bits per heavy atom. The van der Waals surface area contributed by atoms with E-state index in [2.05, 4.69) is 13.8 Å². The maximum atomic E-state index is 12.5. The molecule has 1 aromatic rings.